The van der Waals surface area contributed by atoms with E-state index in [1.807, 2.05) is 121 Å². The summed E-state index contributed by atoms with van der Waals surface area (Å²) in [5.74, 6) is -0.673. The second-order valence-corrected chi connectivity index (χ2v) is 15.9. The van der Waals surface area contributed by atoms with Gasteiger partial charge in [-0.25, -0.2) is 19.2 Å². The first-order valence-electron chi connectivity index (χ1n) is 21.8. The molecule has 10 rings (SSSR count). The molecule has 0 saturated carbocycles. The molecule has 8 heteroatoms. The number of fused-ring (bicyclic) bond motifs is 4. The van der Waals surface area contributed by atoms with Gasteiger partial charge in [0.05, 0.1) is 11.1 Å². The van der Waals surface area contributed by atoms with Gasteiger partial charge in [0.2, 0.25) is 0 Å². The number of rotatable bonds is 11. The first-order valence-corrected chi connectivity index (χ1v) is 21.8. The number of carbonyl (C=O) groups excluding carboxylic acids is 4. The Kier molecular flexibility index (Phi) is 11.9. The highest BCUT2D eigenvalue weighted by molar-refractivity contribution is 6.11. The Labute approximate surface area is 390 Å². The van der Waals surface area contributed by atoms with E-state index >= 15 is 0 Å². The van der Waals surface area contributed by atoms with Gasteiger partial charge in [0.1, 0.15) is 23.0 Å². The number of carbonyl (C=O) groups is 4. The van der Waals surface area contributed by atoms with E-state index in [4.69, 9.17) is 18.9 Å². The van der Waals surface area contributed by atoms with E-state index in [9.17, 15) is 19.2 Å². The van der Waals surface area contributed by atoms with Gasteiger partial charge in [0, 0.05) is 23.3 Å². The van der Waals surface area contributed by atoms with Crippen LogP contribution in [0.3, 0.4) is 0 Å². The van der Waals surface area contributed by atoms with Gasteiger partial charge < -0.3 is 18.9 Å². The van der Waals surface area contributed by atoms with Crippen LogP contribution in [0.25, 0.3) is 66.4 Å². The normalized spacial score (nSPS) is 11.4. The molecule has 0 aliphatic rings. The fourth-order valence-electron chi connectivity index (χ4n) is 8.10. The summed E-state index contributed by atoms with van der Waals surface area (Å²) in [6, 6.07) is 62.6. The molecule has 0 saturated heterocycles. The lowest BCUT2D eigenvalue weighted by Gasteiger charge is -2.18. The lowest BCUT2D eigenvalue weighted by molar-refractivity contribution is -0.129. The van der Waals surface area contributed by atoms with Crippen LogP contribution in [0, 0.1) is 0 Å². The minimum atomic E-state index is -0.605. The monoisotopic (exact) mass is 886 g/mol. The van der Waals surface area contributed by atoms with Crippen molar-refractivity contribution in [3.05, 3.63) is 241 Å². The van der Waals surface area contributed by atoms with Gasteiger partial charge in [-0.3, -0.25) is 0 Å². The van der Waals surface area contributed by atoms with Crippen LogP contribution in [0.4, 0.5) is 0 Å². The van der Waals surface area contributed by atoms with Gasteiger partial charge in [-0.05, 0) is 139 Å². The molecule has 10 aromatic rings. The number of hydrogen-bond acceptors (Lipinski definition) is 8. The van der Waals surface area contributed by atoms with Crippen molar-refractivity contribution in [2.75, 3.05) is 0 Å². The van der Waals surface area contributed by atoms with Crippen molar-refractivity contribution in [2.24, 2.45) is 0 Å². The largest absolute Gasteiger partial charge is 0.423 e. The van der Waals surface area contributed by atoms with Crippen LogP contribution in [0.15, 0.2) is 218 Å². The molecule has 0 amide bonds. The summed E-state index contributed by atoms with van der Waals surface area (Å²) in [6.45, 7) is 0. The Morgan fingerprint density at radius 2 is 0.691 bits per heavy atom. The summed E-state index contributed by atoms with van der Waals surface area (Å²) < 4.78 is 23.5. The third-order valence-corrected chi connectivity index (χ3v) is 11.4. The topological polar surface area (TPSA) is 105 Å². The van der Waals surface area contributed by atoms with E-state index in [-0.39, 0.29) is 11.5 Å². The van der Waals surface area contributed by atoms with E-state index in [0.29, 0.717) is 33.8 Å². The van der Waals surface area contributed by atoms with Gasteiger partial charge in [0.15, 0.2) is 0 Å². The Balaban J connectivity index is 0.896. The van der Waals surface area contributed by atoms with Crippen molar-refractivity contribution in [2.45, 2.75) is 0 Å². The highest BCUT2D eigenvalue weighted by atomic mass is 16.5. The molecule has 0 radical (unpaired) electrons. The number of esters is 4. The van der Waals surface area contributed by atoms with Crippen LogP contribution in [-0.2, 0) is 9.59 Å². The first kappa shape index (κ1) is 42.5. The molecule has 0 aromatic heterocycles. The molecule has 10 aromatic carbocycles. The van der Waals surface area contributed by atoms with Crippen molar-refractivity contribution in [3.63, 3.8) is 0 Å². The van der Waals surface area contributed by atoms with Crippen LogP contribution >= 0.6 is 0 Å². The average Bonchev–Trinajstić information content (AvgIpc) is 3.38. The predicted molar refractivity (Wildman–Crippen MR) is 267 cm³/mol. The van der Waals surface area contributed by atoms with Crippen molar-refractivity contribution >= 4 is 79.1 Å². The Hall–Kier alpha value is -9.40. The smallest absolute Gasteiger partial charge is 0.343 e. The molecule has 0 aliphatic heterocycles. The summed E-state index contributed by atoms with van der Waals surface area (Å²) in [5, 5.41) is 6.89. The maximum atomic E-state index is 13.7. The van der Waals surface area contributed by atoms with Crippen molar-refractivity contribution in [1.29, 1.82) is 0 Å². The lowest BCUT2D eigenvalue weighted by Crippen LogP contribution is -2.08. The van der Waals surface area contributed by atoms with Crippen molar-refractivity contribution in [1.82, 2.24) is 0 Å². The third kappa shape index (κ3) is 9.38. The maximum absolute atomic E-state index is 13.7. The summed E-state index contributed by atoms with van der Waals surface area (Å²) in [7, 11) is 0. The minimum Gasteiger partial charge on any atom is -0.423 e. The van der Waals surface area contributed by atoms with Crippen LogP contribution in [-0.4, -0.2) is 23.9 Å². The van der Waals surface area contributed by atoms with Crippen molar-refractivity contribution in [3.8, 4) is 34.1 Å². The zero-order valence-electron chi connectivity index (χ0n) is 36.2. The molecule has 0 aliphatic carbocycles. The third-order valence-electron chi connectivity index (χ3n) is 11.4. The SMILES string of the molecule is O=C(/C=C/c1ccc2cc(OC(=O)c3ccccc3)ccc2c1)Oc1ccc2ccccc2c1-c1c(OC(=O)/C=C/c2ccc3cc(OC(=O)c4ccccc4)ccc3c2)ccc2ccccc12. The Bertz CT molecular complexity index is 3410. The number of benzene rings is 10. The molecule has 0 spiro atoms. The molecule has 326 valence electrons. The zero-order chi connectivity index (χ0) is 46.4. The highest BCUT2D eigenvalue weighted by Gasteiger charge is 2.21. The van der Waals surface area contributed by atoms with Gasteiger partial charge in [-0.15, -0.1) is 0 Å². The molecular weight excluding hydrogens is 849 g/mol. The second-order valence-electron chi connectivity index (χ2n) is 15.9. The summed E-state index contributed by atoms with van der Waals surface area (Å²) in [5.41, 5.74) is 3.62. The Morgan fingerprint density at radius 3 is 1.13 bits per heavy atom. The van der Waals surface area contributed by atoms with Gasteiger partial charge in [-0.1, -0.05) is 133 Å². The lowest BCUT2D eigenvalue weighted by atomic mass is 9.92. The predicted octanol–water partition coefficient (Wildman–Crippen LogP) is 13.6. The van der Waals surface area contributed by atoms with Crippen LogP contribution in [0.5, 0.6) is 23.0 Å². The van der Waals surface area contributed by atoms with Crippen LogP contribution in [0.1, 0.15) is 31.8 Å². The molecule has 0 N–H and O–H groups in total. The van der Waals surface area contributed by atoms with Crippen LogP contribution < -0.4 is 18.9 Å². The zero-order valence-corrected chi connectivity index (χ0v) is 36.2. The molecule has 0 heterocycles. The van der Waals surface area contributed by atoms with E-state index < -0.39 is 23.9 Å². The van der Waals surface area contributed by atoms with Crippen molar-refractivity contribution < 1.29 is 38.1 Å². The average molecular weight is 887 g/mol. The van der Waals surface area contributed by atoms with Gasteiger partial charge >= 0.3 is 23.9 Å². The maximum Gasteiger partial charge on any atom is 0.343 e. The quantitative estimate of drug-likeness (QED) is 0.0718. The Morgan fingerprint density at radius 1 is 0.324 bits per heavy atom. The van der Waals surface area contributed by atoms with Crippen LogP contribution in [0.2, 0.25) is 0 Å². The van der Waals surface area contributed by atoms with E-state index in [2.05, 4.69) is 0 Å². The highest BCUT2D eigenvalue weighted by Crippen LogP contribution is 2.46. The van der Waals surface area contributed by atoms with E-state index in [1.54, 1.807) is 97.1 Å². The van der Waals surface area contributed by atoms with Gasteiger partial charge in [0.25, 0.3) is 0 Å². The second kappa shape index (κ2) is 19.0. The molecule has 0 unspecified atom stereocenters. The fourth-order valence-corrected chi connectivity index (χ4v) is 8.10. The van der Waals surface area contributed by atoms with Gasteiger partial charge in [-0.2, -0.15) is 0 Å². The molecule has 0 bridgehead atoms. The molecule has 0 fully saturated rings. The molecule has 0 atom stereocenters. The summed E-state index contributed by atoms with van der Waals surface area (Å²) >= 11 is 0. The van der Waals surface area contributed by atoms with E-state index in [0.717, 1.165) is 54.2 Å². The number of hydrogen-bond donors (Lipinski definition) is 0. The molecule has 8 nitrogen and oxygen atoms in total. The standard InChI is InChI=1S/C60H38O8/c61-55(33-21-39-19-23-47-37-49(29-25-45(47)35-39)65-59(63)43-13-3-1-4-14-43)67-53-31-27-41-11-7-9-17-51(41)57(53)58-52-18-10-8-12-42(52)28-32-54(58)68-56(62)34-22-40-20-24-48-38-50(30-26-46(48)36-40)66-60(64)44-15-5-2-6-16-44/h1-38H/b33-21+,34-22+. The number of ether oxygens (including phenoxy) is 4. The fraction of sp³-hybridized carbons (Fsp3) is 0. The molecule has 68 heavy (non-hydrogen) atoms. The first-order chi connectivity index (χ1) is 33.3. The minimum absolute atomic E-state index is 0.285. The summed E-state index contributed by atoms with van der Waals surface area (Å²) in [6.07, 6.45) is 6.11. The molecular formula is C60H38O8. The van der Waals surface area contributed by atoms with E-state index in [1.165, 1.54) is 12.2 Å². The summed E-state index contributed by atoms with van der Waals surface area (Å²) in [4.78, 5) is 52.6.